The first-order chi connectivity index (χ1) is 40.3. The Labute approximate surface area is 597 Å². The van der Waals surface area contributed by atoms with Gasteiger partial charge in [0, 0.05) is 136 Å². The number of hydrogen-bond donors (Lipinski definition) is 3. The molecule has 3 N–H and O–H groups in total. The van der Waals surface area contributed by atoms with Crippen LogP contribution in [-0.4, -0.2) is 177 Å². The van der Waals surface area contributed by atoms with Crippen molar-refractivity contribution in [3.05, 3.63) is 193 Å². The Bertz CT molecular complexity index is 3390. The number of rotatable bonds is 18. The topological polar surface area (TPSA) is 303 Å². The van der Waals surface area contributed by atoms with Gasteiger partial charge in [-0.05, 0) is 122 Å². The maximum absolute atomic E-state index is 12.7. The fraction of sp³-hybridized carbons (Fsp3) is 0.267. The molecule has 0 atom stereocenters. The summed E-state index contributed by atoms with van der Waals surface area (Å²) in [4.78, 5) is 25.2. The van der Waals surface area contributed by atoms with E-state index in [4.69, 9.17) is 94.7 Å². The van der Waals surface area contributed by atoms with E-state index in [1.807, 2.05) is 149 Å². The molecule has 2 amide bonds. The molecule has 0 aliphatic carbocycles. The molecular formula is C60H62FeK3N14O7. The van der Waals surface area contributed by atoms with Gasteiger partial charge < -0.3 is 109 Å². The summed E-state index contributed by atoms with van der Waals surface area (Å²) in [6.45, 7) is 44.6. The van der Waals surface area contributed by atoms with Crippen LogP contribution in [0.5, 0.6) is 17.2 Å². The van der Waals surface area contributed by atoms with Crippen LogP contribution in [0.4, 0.5) is 10.5 Å². The SMILES string of the molecule is CCOCOc1cc(C)c(-c2n[nH]c(=O)n2-c2ccc3c(ccn3C)c2)cc1C(C)C.CCOCOc1cc(OCc2ccccc2)c(/C=N/NC(=O)Nc2ccc3c(ccn3C)c2)cc1C(C)C.[C-]#N.[C-]#N.[C-]#N.[C-]#N.[C-]#N.[C-]#N.[Fe+6].[K].[K][K]. The third-order valence-electron chi connectivity index (χ3n) is 11.5. The van der Waals surface area contributed by atoms with E-state index in [1.54, 1.807) is 10.8 Å². The minimum atomic E-state index is -0.441. The van der Waals surface area contributed by atoms with Crippen molar-refractivity contribution in [1.29, 1.82) is 31.6 Å². The molecule has 0 aliphatic rings. The van der Waals surface area contributed by atoms with Crippen molar-refractivity contribution in [2.75, 3.05) is 32.1 Å². The molecule has 3 heterocycles. The molecule has 425 valence electrons. The molecule has 5 aromatic carbocycles. The van der Waals surface area contributed by atoms with Crippen molar-refractivity contribution < 1.29 is 45.5 Å². The number of amides is 2. The number of ether oxygens (including phenoxy) is 5. The van der Waals surface area contributed by atoms with E-state index >= 15 is 0 Å². The molecule has 21 nitrogen and oxygen atoms in total. The molecule has 0 unspecified atom stereocenters. The van der Waals surface area contributed by atoms with Crippen molar-refractivity contribution in [1.82, 2.24) is 29.3 Å². The molecule has 0 aliphatic heterocycles. The zero-order valence-electron chi connectivity index (χ0n) is 49.9. The van der Waals surface area contributed by atoms with Crippen molar-refractivity contribution in [3.63, 3.8) is 0 Å². The second-order valence-electron chi connectivity index (χ2n) is 17.1. The van der Waals surface area contributed by atoms with E-state index in [9.17, 15) is 9.59 Å². The molecule has 3 aromatic heterocycles. The average Bonchev–Trinajstić information content (AvgIpc) is 2.56. The summed E-state index contributed by atoms with van der Waals surface area (Å²) in [5.74, 6) is 3.07. The number of fused-ring (bicyclic) bond motifs is 2. The molecular weight excluding hydrogens is 1200 g/mol. The van der Waals surface area contributed by atoms with E-state index in [1.165, 1.54) is 63.2 Å². The Kier molecular flexibility index (Phi) is 48.2. The first kappa shape index (κ1) is 84.0. The minimum absolute atomic E-state index is 0. The summed E-state index contributed by atoms with van der Waals surface area (Å²) in [7, 11) is 3.99. The summed E-state index contributed by atoms with van der Waals surface area (Å²) in [5.41, 5.74) is 11.6. The zero-order valence-corrected chi connectivity index (χ0v) is 60.3. The summed E-state index contributed by atoms with van der Waals surface area (Å²) >= 11 is 2.50. The number of hydrazone groups is 1. The van der Waals surface area contributed by atoms with Crippen LogP contribution in [0.1, 0.15) is 81.2 Å². The van der Waals surface area contributed by atoms with Crippen LogP contribution in [0.3, 0.4) is 0 Å². The Morgan fingerprint density at radius 2 is 1.19 bits per heavy atom. The number of H-pyrrole nitrogens is 1. The fourth-order valence-electron chi connectivity index (χ4n) is 7.83. The molecule has 0 bridgehead atoms. The molecule has 0 spiro atoms. The van der Waals surface area contributed by atoms with Gasteiger partial charge in [-0.2, -0.15) is 10.2 Å². The van der Waals surface area contributed by atoms with Crippen molar-refractivity contribution in [2.24, 2.45) is 19.2 Å². The molecule has 8 aromatic rings. The van der Waals surface area contributed by atoms with Crippen LogP contribution in [0.25, 0.3) is 38.9 Å². The van der Waals surface area contributed by atoms with Crippen LogP contribution in [0, 0.1) is 77.9 Å². The molecule has 8 rings (SSSR count). The number of aromatic nitrogens is 5. The van der Waals surface area contributed by atoms with Gasteiger partial charge in [0.2, 0.25) is 0 Å². The van der Waals surface area contributed by atoms with Gasteiger partial charge in [0.1, 0.15) is 23.9 Å². The van der Waals surface area contributed by atoms with Gasteiger partial charge >= 0.3 is 91.9 Å². The number of aryl methyl sites for hydroxylation is 3. The molecule has 25 heteroatoms. The van der Waals surface area contributed by atoms with Crippen LogP contribution >= 0.6 is 0 Å². The number of hydrogen-bond acceptors (Lipinski definition) is 15. The number of aromatic amines is 1. The number of carbonyl (C=O) groups excluding carboxylic acids is 1. The van der Waals surface area contributed by atoms with E-state index in [0.29, 0.717) is 42.8 Å². The predicted octanol–water partition coefficient (Wildman–Crippen LogP) is 10.4. The van der Waals surface area contributed by atoms with Gasteiger partial charge in [-0.25, -0.2) is 24.7 Å². The monoisotopic (exact) mass is 1260 g/mol. The second kappa shape index (κ2) is 48.8. The normalized spacial score (nSPS) is 9.49. The summed E-state index contributed by atoms with van der Waals surface area (Å²) < 4.78 is 34.4. The second-order valence-corrected chi connectivity index (χ2v) is 17.1. The third kappa shape index (κ3) is 26.3. The Balaban J connectivity index is -0.00000130. The number of nitrogens with zero attached hydrogens (tertiary/aromatic N) is 11. The maximum atomic E-state index is 12.7. The van der Waals surface area contributed by atoms with Gasteiger partial charge in [0.25, 0.3) is 0 Å². The Morgan fingerprint density at radius 3 is 1.72 bits per heavy atom. The van der Waals surface area contributed by atoms with E-state index in [0.717, 1.165) is 66.6 Å². The van der Waals surface area contributed by atoms with Gasteiger partial charge in [-0.1, -0.05) is 58.0 Å². The van der Waals surface area contributed by atoms with Gasteiger partial charge in [0.05, 0.1) is 11.9 Å². The first-order valence-corrected chi connectivity index (χ1v) is 41.5. The average molecular weight is 1260 g/mol. The summed E-state index contributed by atoms with van der Waals surface area (Å²) in [6, 6.07) is 33.1. The first-order valence-electron chi connectivity index (χ1n) is 25.5. The molecule has 1 radical (unpaired) electrons. The fourth-order valence-corrected chi connectivity index (χ4v) is 7.83. The molecule has 0 saturated carbocycles. The van der Waals surface area contributed by atoms with E-state index < -0.39 is 6.03 Å². The van der Waals surface area contributed by atoms with Crippen LogP contribution in [-0.2, 0) is 47.2 Å². The Morgan fingerprint density at radius 1 is 0.682 bits per heavy atom. The van der Waals surface area contributed by atoms with Crippen molar-refractivity contribution >= 4 is 154 Å². The van der Waals surface area contributed by atoms with E-state index in [2.05, 4.69) is 64.4 Å². The Hall–Kier alpha value is -5.25. The molecule has 0 saturated heterocycles. The quantitative estimate of drug-likeness (QED) is 0.0180. The van der Waals surface area contributed by atoms with Gasteiger partial charge in [-0.15, -0.1) is 0 Å². The van der Waals surface area contributed by atoms with Crippen molar-refractivity contribution in [3.8, 4) is 34.3 Å². The zero-order chi connectivity index (χ0) is 63.0. The number of benzene rings is 5. The van der Waals surface area contributed by atoms with Crippen molar-refractivity contribution in [2.45, 2.75) is 66.9 Å². The number of urea groups is 1. The third-order valence-corrected chi connectivity index (χ3v) is 11.5. The molecule has 85 heavy (non-hydrogen) atoms. The predicted molar refractivity (Wildman–Crippen MR) is 320 cm³/mol. The number of carbonyl (C=O) groups is 1. The number of anilines is 1. The number of nitrogens with one attached hydrogen (secondary N) is 3. The summed E-state index contributed by atoms with van der Waals surface area (Å²) in [6.07, 6.45) is 5.57. The van der Waals surface area contributed by atoms with Crippen LogP contribution in [0.15, 0.2) is 125 Å². The van der Waals surface area contributed by atoms with Gasteiger partial charge in [0.15, 0.2) is 19.4 Å². The molecule has 0 fully saturated rings. The standard InChI is InChI=1S/C30H34N4O4.C24H28N4O3.6CN.Fe.3K/c1-5-36-20-38-29-17-28(37-19-22-9-7-6-8-10-22)24(16-26(29)21(2)3)18-31-33-30(35)32-25-11-12-27-23(15-25)13-14-34(27)4;1-6-30-14-31-22-11-16(4)20(13-19(22)15(2)3)23-25-26-24(29)28(23)18-7-8-21-17(12-18)9-10-27(21)5;6*1-2;;;;/h6-18,21H,5,19-20H2,1-4H3,(H2,32,33,35);7-13,15H,6,14H2,1-5H3,(H,26,29);;;;;;;;;;/q;;6*-1;+6;;;/b31-18+;;;;;;;;;;;. The van der Waals surface area contributed by atoms with E-state index in [-0.39, 0.29) is 99.6 Å². The van der Waals surface area contributed by atoms with Crippen LogP contribution in [0.2, 0.25) is 0 Å². The van der Waals surface area contributed by atoms with Crippen LogP contribution < -0.4 is 30.6 Å². The summed E-state index contributed by atoms with van der Waals surface area (Å²) in [5, 5.41) is 53.6. The van der Waals surface area contributed by atoms with Gasteiger partial charge in [-0.3, -0.25) is 0 Å².